The summed E-state index contributed by atoms with van der Waals surface area (Å²) in [6.07, 6.45) is 1.94. The summed E-state index contributed by atoms with van der Waals surface area (Å²) in [5, 5.41) is 11.8. The van der Waals surface area contributed by atoms with Gasteiger partial charge in [0.15, 0.2) is 0 Å². The van der Waals surface area contributed by atoms with Gasteiger partial charge in [0.2, 0.25) is 0 Å². The van der Waals surface area contributed by atoms with Gasteiger partial charge in [-0.1, -0.05) is 19.6 Å². The molecule has 10 heteroatoms. The van der Waals surface area contributed by atoms with E-state index < -0.39 is 18.0 Å². The summed E-state index contributed by atoms with van der Waals surface area (Å²) in [6.45, 7) is 15.2. The Morgan fingerprint density at radius 1 is 0.959 bits per heavy atom. The standard InChI is InChI=1S/C39H45N5O5/c1-10-23-19(3)26-16-28-21(5)25(12-13-32(45)49-15-14-44(7)8)36(42-28)34-35(39(47)48-9)38(46)33-22(6)29(43-37(33)34)18-31-24(11-2)20(4)27(41-31)17-30(23)40-26/h10,16-18,35,38,40-41,46H,1,11-15H2,2-9H3/t35-,38+/m1/s1. The third-order valence-electron chi connectivity index (χ3n) is 10.1. The molecule has 3 N–H and O–H groups in total. The number of carbonyl (C=O) groups is 2. The third-order valence-corrected chi connectivity index (χ3v) is 10.1. The summed E-state index contributed by atoms with van der Waals surface area (Å²) in [5.74, 6) is -1.93. The normalized spacial score (nSPS) is 16.9. The minimum Gasteiger partial charge on any atom is -0.468 e. The highest BCUT2D eigenvalue weighted by atomic mass is 16.5. The highest BCUT2D eigenvalue weighted by molar-refractivity contribution is 6.04. The van der Waals surface area contributed by atoms with Crippen LogP contribution in [-0.4, -0.2) is 82.3 Å². The van der Waals surface area contributed by atoms with Crippen molar-refractivity contribution in [3.8, 4) is 0 Å². The van der Waals surface area contributed by atoms with Crippen molar-refractivity contribution in [2.75, 3.05) is 34.4 Å². The van der Waals surface area contributed by atoms with Crippen LogP contribution in [-0.2, 0) is 25.5 Å². The zero-order valence-electron chi connectivity index (χ0n) is 29.6. The molecular weight excluding hydrogens is 618 g/mol. The maximum Gasteiger partial charge on any atom is 0.316 e. The number of hydrogen-bond acceptors (Lipinski definition) is 8. The molecule has 0 spiro atoms. The van der Waals surface area contributed by atoms with Gasteiger partial charge in [-0.25, -0.2) is 9.97 Å². The molecule has 0 unspecified atom stereocenters. The van der Waals surface area contributed by atoms with Gasteiger partial charge in [0.25, 0.3) is 0 Å². The lowest BCUT2D eigenvalue weighted by molar-refractivity contribution is -0.145. The Labute approximate surface area is 286 Å². The van der Waals surface area contributed by atoms with Crippen molar-refractivity contribution in [2.45, 2.75) is 65.9 Å². The maximum absolute atomic E-state index is 13.4. The number of ether oxygens (including phenoxy) is 2. The molecule has 8 bridgehead atoms. The summed E-state index contributed by atoms with van der Waals surface area (Å²) in [6, 6.07) is 6.13. The van der Waals surface area contributed by atoms with E-state index in [1.807, 2.05) is 58.0 Å². The van der Waals surface area contributed by atoms with E-state index in [4.69, 9.17) is 19.4 Å². The van der Waals surface area contributed by atoms with Gasteiger partial charge in [-0.3, -0.25) is 9.59 Å². The molecule has 256 valence electrons. The lowest BCUT2D eigenvalue weighted by atomic mass is 9.92. The van der Waals surface area contributed by atoms with Crippen molar-refractivity contribution in [3.63, 3.8) is 0 Å². The summed E-state index contributed by atoms with van der Waals surface area (Å²) < 4.78 is 10.8. The second kappa shape index (κ2) is 13.2. The topological polar surface area (TPSA) is 133 Å². The fraction of sp³-hybridized carbons (Fsp3) is 0.385. The number of esters is 2. The van der Waals surface area contributed by atoms with E-state index in [9.17, 15) is 14.7 Å². The number of aliphatic hydroxyl groups is 1. The number of H-pyrrole nitrogens is 2. The number of fused-ring (bicyclic) bond motifs is 8. The second-order valence-electron chi connectivity index (χ2n) is 13.3. The van der Waals surface area contributed by atoms with Gasteiger partial charge in [0.1, 0.15) is 12.5 Å². The molecule has 2 atom stereocenters. The van der Waals surface area contributed by atoms with E-state index in [1.54, 1.807) is 0 Å². The first-order valence-corrected chi connectivity index (χ1v) is 16.8. The van der Waals surface area contributed by atoms with E-state index in [1.165, 1.54) is 12.7 Å². The number of aliphatic hydroxyl groups excluding tert-OH is 1. The molecule has 2 aliphatic heterocycles. The quantitative estimate of drug-likeness (QED) is 0.221. The molecule has 0 fully saturated rings. The van der Waals surface area contributed by atoms with Crippen molar-refractivity contribution < 1.29 is 24.2 Å². The Balaban J connectivity index is 1.69. The molecule has 5 heterocycles. The van der Waals surface area contributed by atoms with Gasteiger partial charge >= 0.3 is 11.9 Å². The number of aromatic nitrogens is 4. The Morgan fingerprint density at radius 2 is 1.61 bits per heavy atom. The third kappa shape index (κ3) is 5.82. The second-order valence-corrected chi connectivity index (χ2v) is 13.3. The zero-order chi connectivity index (χ0) is 35.3. The Kier molecular flexibility index (Phi) is 9.21. The largest absolute Gasteiger partial charge is 0.468 e. The molecule has 0 saturated carbocycles. The van der Waals surface area contributed by atoms with Crippen LogP contribution >= 0.6 is 0 Å². The van der Waals surface area contributed by atoms with Crippen LogP contribution in [0.2, 0.25) is 0 Å². The summed E-state index contributed by atoms with van der Waals surface area (Å²) >= 11 is 0. The van der Waals surface area contributed by atoms with Crippen LogP contribution in [0.15, 0.2) is 24.8 Å². The lowest BCUT2D eigenvalue weighted by Crippen LogP contribution is -2.24. The van der Waals surface area contributed by atoms with Crippen LogP contribution in [0.4, 0.5) is 0 Å². The van der Waals surface area contributed by atoms with Crippen LogP contribution in [0.3, 0.4) is 0 Å². The number of methoxy groups -OCH3 is 1. The molecule has 10 nitrogen and oxygen atoms in total. The van der Waals surface area contributed by atoms with E-state index in [0.29, 0.717) is 53.5 Å². The van der Waals surface area contributed by atoms with Crippen LogP contribution in [0.1, 0.15) is 90.1 Å². The summed E-state index contributed by atoms with van der Waals surface area (Å²) in [5.41, 5.74) is 14.0. The number of carbonyl (C=O) groups excluding carboxylic acids is 2. The zero-order valence-corrected chi connectivity index (χ0v) is 29.6. The minimum absolute atomic E-state index is 0.125. The number of likely N-dealkylation sites (N-methyl/N-ethyl adjacent to an activating group) is 1. The highest BCUT2D eigenvalue weighted by Crippen LogP contribution is 2.50. The van der Waals surface area contributed by atoms with E-state index in [2.05, 4.69) is 36.5 Å². The maximum atomic E-state index is 13.4. The van der Waals surface area contributed by atoms with Crippen LogP contribution in [0, 0.1) is 13.8 Å². The van der Waals surface area contributed by atoms with Crippen LogP contribution in [0.25, 0.3) is 50.4 Å². The SMILES string of the molecule is C=Cc1c(C)c2cc3nc(c4c5nc(cc6[nH]c(cc1[nH]2)c(C)c6CC)C(C)=C5[C@H](O)[C@@H]4C(=O)OC)C(CCC(=O)OCCN(C)C)=C3C. The van der Waals surface area contributed by atoms with Gasteiger partial charge in [0.05, 0.1) is 36.0 Å². The van der Waals surface area contributed by atoms with Crippen LogP contribution in [0.5, 0.6) is 0 Å². The Bertz CT molecular complexity index is 2130. The van der Waals surface area contributed by atoms with Crippen LogP contribution < -0.4 is 0 Å². The van der Waals surface area contributed by atoms with Gasteiger partial charge < -0.3 is 29.4 Å². The predicted octanol–water partition coefficient (Wildman–Crippen LogP) is 6.51. The molecule has 3 aromatic heterocycles. The molecule has 49 heavy (non-hydrogen) atoms. The Morgan fingerprint density at radius 3 is 2.29 bits per heavy atom. The molecule has 6 rings (SSSR count). The lowest BCUT2D eigenvalue weighted by Gasteiger charge is -2.16. The van der Waals surface area contributed by atoms with Gasteiger partial charge in [-0.05, 0) is 106 Å². The van der Waals surface area contributed by atoms with Crippen molar-refractivity contribution in [1.29, 1.82) is 0 Å². The molecule has 0 saturated heterocycles. The minimum atomic E-state index is -1.18. The number of hydrogen-bond donors (Lipinski definition) is 3. The summed E-state index contributed by atoms with van der Waals surface area (Å²) in [7, 11) is 5.17. The molecule has 3 aliphatic rings. The summed E-state index contributed by atoms with van der Waals surface area (Å²) in [4.78, 5) is 45.7. The number of aromatic amines is 2. The number of nitrogens with zero attached hydrogens (tertiary/aromatic N) is 3. The van der Waals surface area contributed by atoms with Crippen molar-refractivity contribution in [2.24, 2.45) is 0 Å². The average Bonchev–Trinajstić information content (AvgIpc) is 3.80. The van der Waals surface area contributed by atoms with Gasteiger partial charge in [0, 0.05) is 51.7 Å². The number of aryl methyl sites for hydroxylation is 3. The van der Waals surface area contributed by atoms with Crippen molar-refractivity contribution in [3.05, 3.63) is 75.4 Å². The molecule has 1 aliphatic carbocycles. The van der Waals surface area contributed by atoms with E-state index in [0.717, 1.165) is 61.9 Å². The van der Waals surface area contributed by atoms with E-state index in [-0.39, 0.29) is 12.4 Å². The van der Waals surface area contributed by atoms with Gasteiger partial charge in [-0.2, -0.15) is 0 Å². The molecule has 0 aromatic carbocycles. The fourth-order valence-electron chi connectivity index (χ4n) is 7.30. The average molecular weight is 664 g/mol. The first-order chi connectivity index (χ1) is 23.4. The molecular formula is C39H45N5O5. The smallest absolute Gasteiger partial charge is 0.316 e. The van der Waals surface area contributed by atoms with E-state index >= 15 is 0 Å². The molecule has 3 aromatic rings. The number of nitrogens with one attached hydrogen (secondary N) is 2. The first-order valence-electron chi connectivity index (χ1n) is 16.8. The molecule has 0 radical (unpaired) electrons. The van der Waals surface area contributed by atoms with Crippen molar-refractivity contribution >= 4 is 62.4 Å². The number of rotatable bonds is 9. The van der Waals surface area contributed by atoms with Gasteiger partial charge in [-0.15, -0.1) is 0 Å². The number of allylic oxidation sites excluding steroid dienone is 3. The molecule has 0 amide bonds. The fourth-order valence-corrected chi connectivity index (χ4v) is 7.30. The highest BCUT2D eigenvalue weighted by Gasteiger charge is 2.47. The monoisotopic (exact) mass is 663 g/mol. The van der Waals surface area contributed by atoms with Crippen molar-refractivity contribution in [1.82, 2.24) is 24.8 Å². The Hall–Kier alpha value is -4.80. The predicted molar refractivity (Wildman–Crippen MR) is 194 cm³/mol. The first kappa shape index (κ1) is 34.1.